The van der Waals surface area contributed by atoms with Crippen molar-refractivity contribution >= 4 is 23.6 Å². The molecule has 1 unspecified atom stereocenters. The van der Waals surface area contributed by atoms with Crippen molar-refractivity contribution in [2.75, 3.05) is 11.9 Å². The van der Waals surface area contributed by atoms with Crippen LogP contribution >= 0.6 is 0 Å². The number of benzene rings is 2. The molecule has 0 spiro atoms. The predicted molar refractivity (Wildman–Crippen MR) is 132 cm³/mol. The third-order valence-electron chi connectivity index (χ3n) is 4.76. The van der Waals surface area contributed by atoms with Crippen molar-refractivity contribution in [1.29, 1.82) is 0 Å². The number of nitrogens with one attached hydrogen (secondary N) is 3. The predicted octanol–water partition coefficient (Wildman–Crippen LogP) is 4.36. The van der Waals surface area contributed by atoms with Crippen molar-refractivity contribution in [1.82, 2.24) is 10.6 Å². The highest BCUT2D eigenvalue weighted by atomic mass is 16.6. The van der Waals surface area contributed by atoms with E-state index >= 15 is 0 Å². The first-order valence-corrected chi connectivity index (χ1v) is 11.3. The monoisotopic (exact) mass is 469 g/mol. The SMILES string of the molecule is CC(Oc1ccccc1C(C)C)C(=O)Nc1ccccc1CNC(=O)CNC(=O)OC(C)(C)C. The molecule has 2 aromatic carbocycles. The minimum atomic E-state index is -0.722. The summed E-state index contributed by atoms with van der Waals surface area (Å²) in [5.74, 6) is 0.261. The van der Waals surface area contributed by atoms with Crippen LogP contribution < -0.4 is 20.7 Å². The summed E-state index contributed by atoms with van der Waals surface area (Å²) in [7, 11) is 0. The van der Waals surface area contributed by atoms with Gasteiger partial charge in [-0.05, 0) is 56.9 Å². The standard InChI is InChI=1S/C26H35N3O5/c1-17(2)20-12-8-10-14-22(20)33-18(3)24(31)29-21-13-9-7-11-19(21)15-27-23(30)16-28-25(32)34-26(4,5)6/h7-14,17-18H,15-16H2,1-6H3,(H,27,30)(H,28,32)(H,29,31). The molecule has 34 heavy (non-hydrogen) atoms. The molecule has 0 aliphatic heterocycles. The van der Waals surface area contributed by atoms with E-state index in [9.17, 15) is 14.4 Å². The van der Waals surface area contributed by atoms with Crippen molar-refractivity contribution in [3.8, 4) is 5.75 Å². The Morgan fingerprint density at radius 1 is 0.912 bits per heavy atom. The number of hydrogen-bond acceptors (Lipinski definition) is 5. The maximum absolute atomic E-state index is 12.8. The lowest BCUT2D eigenvalue weighted by molar-refractivity contribution is -0.122. The van der Waals surface area contributed by atoms with Crippen molar-refractivity contribution < 1.29 is 23.9 Å². The van der Waals surface area contributed by atoms with Gasteiger partial charge in [0.05, 0.1) is 0 Å². The van der Waals surface area contributed by atoms with Crippen LogP contribution in [0.2, 0.25) is 0 Å². The quantitative estimate of drug-likeness (QED) is 0.506. The fourth-order valence-corrected chi connectivity index (χ4v) is 3.06. The van der Waals surface area contributed by atoms with Gasteiger partial charge < -0.3 is 25.4 Å². The van der Waals surface area contributed by atoms with Crippen LogP contribution in [0.4, 0.5) is 10.5 Å². The van der Waals surface area contributed by atoms with Crippen LogP contribution in [0, 0.1) is 0 Å². The van der Waals surface area contributed by atoms with E-state index in [-0.39, 0.29) is 30.8 Å². The van der Waals surface area contributed by atoms with Gasteiger partial charge in [0.1, 0.15) is 17.9 Å². The van der Waals surface area contributed by atoms with Crippen LogP contribution in [0.1, 0.15) is 58.6 Å². The molecule has 0 aliphatic rings. The molecule has 0 aromatic heterocycles. The Kier molecular flexibility index (Phi) is 9.47. The summed E-state index contributed by atoms with van der Waals surface area (Å²) >= 11 is 0. The first kappa shape index (κ1) is 26.7. The van der Waals surface area contributed by atoms with Crippen molar-refractivity contribution in [3.05, 3.63) is 59.7 Å². The summed E-state index contributed by atoms with van der Waals surface area (Å²) in [6.45, 7) is 11.0. The van der Waals surface area contributed by atoms with E-state index in [1.807, 2.05) is 30.3 Å². The van der Waals surface area contributed by atoms with Gasteiger partial charge >= 0.3 is 6.09 Å². The summed E-state index contributed by atoms with van der Waals surface area (Å²) in [4.78, 5) is 36.6. The Morgan fingerprint density at radius 3 is 2.24 bits per heavy atom. The molecule has 3 N–H and O–H groups in total. The molecule has 0 saturated heterocycles. The maximum Gasteiger partial charge on any atom is 0.408 e. The van der Waals surface area contributed by atoms with Crippen LogP contribution in [0.5, 0.6) is 5.75 Å². The fraction of sp³-hybridized carbons (Fsp3) is 0.423. The third kappa shape index (κ3) is 8.77. The fourth-order valence-electron chi connectivity index (χ4n) is 3.06. The average molecular weight is 470 g/mol. The van der Waals surface area contributed by atoms with Gasteiger partial charge in [-0.25, -0.2) is 4.79 Å². The molecule has 0 fully saturated rings. The molecule has 2 aromatic rings. The number of carbonyl (C=O) groups is 3. The Bertz CT molecular complexity index is 998. The molecule has 8 nitrogen and oxygen atoms in total. The average Bonchev–Trinajstić information content (AvgIpc) is 2.76. The van der Waals surface area contributed by atoms with Crippen LogP contribution in [0.15, 0.2) is 48.5 Å². The number of rotatable bonds is 9. The van der Waals surface area contributed by atoms with E-state index < -0.39 is 17.8 Å². The second-order valence-corrected chi connectivity index (χ2v) is 9.23. The van der Waals surface area contributed by atoms with Crippen LogP contribution in [0.3, 0.4) is 0 Å². The number of anilines is 1. The van der Waals surface area contributed by atoms with Crippen molar-refractivity contribution in [2.45, 2.75) is 65.7 Å². The molecule has 0 heterocycles. The minimum Gasteiger partial charge on any atom is -0.481 e. The number of alkyl carbamates (subject to hydrolysis) is 1. The number of carbonyl (C=O) groups excluding carboxylic acids is 3. The van der Waals surface area contributed by atoms with Crippen LogP contribution in [-0.2, 0) is 20.9 Å². The molecule has 0 radical (unpaired) electrons. The second-order valence-electron chi connectivity index (χ2n) is 9.23. The van der Waals surface area contributed by atoms with E-state index in [1.165, 1.54) is 0 Å². The summed E-state index contributed by atoms with van der Waals surface area (Å²) in [5, 5.41) is 8.02. The Labute approximate surface area is 201 Å². The molecule has 2 rings (SSSR count). The number of para-hydroxylation sites is 2. The summed E-state index contributed by atoms with van der Waals surface area (Å²) < 4.78 is 11.0. The minimum absolute atomic E-state index is 0.177. The first-order valence-electron chi connectivity index (χ1n) is 11.3. The van der Waals surface area contributed by atoms with E-state index in [4.69, 9.17) is 9.47 Å². The lowest BCUT2D eigenvalue weighted by atomic mass is 10.0. The lowest BCUT2D eigenvalue weighted by Gasteiger charge is -2.20. The van der Waals surface area contributed by atoms with Gasteiger partial charge in [0.25, 0.3) is 5.91 Å². The molecule has 0 saturated carbocycles. The highest BCUT2D eigenvalue weighted by Crippen LogP contribution is 2.27. The van der Waals surface area contributed by atoms with E-state index in [0.29, 0.717) is 11.4 Å². The number of hydrogen-bond donors (Lipinski definition) is 3. The second kappa shape index (κ2) is 12.1. The topological polar surface area (TPSA) is 106 Å². The van der Waals surface area contributed by atoms with E-state index in [0.717, 1.165) is 11.1 Å². The van der Waals surface area contributed by atoms with Gasteiger partial charge in [0, 0.05) is 12.2 Å². The molecule has 0 bridgehead atoms. The van der Waals surface area contributed by atoms with Crippen molar-refractivity contribution in [3.63, 3.8) is 0 Å². The lowest BCUT2D eigenvalue weighted by Crippen LogP contribution is -2.39. The smallest absolute Gasteiger partial charge is 0.408 e. The van der Waals surface area contributed by atoms with Gasteiger partial charge in [0.15, 0.2) is 6.10 Å². The largest absolute Gasteiger partial charge is 0.481 e. The zero-order valence-electron chi connectivity index (χ0n) is 20.7. The molecule has 1 atom stereocenters. The molecule has 0 aliphatic carbocycles. The zero-order chi connectivity index (χ0) is 25.3. The van der Waals surface area contributed by atoms with Gasteiger partial charge in [-0.2, -0.15) is 0 Å². The highest BCUT2D eigenvalue weighted by molar-refractivity contribution is 5.95. The van der Waals surface area contributed by atoms with Gasteiger partial charge in [-0.15, -0.1) is 0 Å². The van der Waals surface area contributed by atoms with Gasteiger partial charge in [-0.1, -0.05) is 50.2 Å². The normalized spacial score (nSPS) is 12.0. The Hall–Kier alpha value is -3.55. The number of ether oxygens (including phenoxy) is 2. The van der Waals surface area contributed by atoms with E-state index in [2.05, 4.69) is 29.8 Å². The third-order valence-corrected chi connectivity index (χ3v) is 4.76. The first-order chi connectivity index (χ1) is 16.0. The summed E-state index contributed by atoms with van der Waals surface area (Å²) in [6, 6.07) is 14.8. The number of amides is 3. The molecule has 184 valence electrons. The molecular formula is C26H35N3O5. The molecular weight excluding hydrogens is 434 g/mol. The Balaban J connectivity index is 1.93. The zero-order valence-corrected chi connectivity index (χ0v) is 20.7. The van der Waals surface area contributed by atoms with Crippen LogP contribution in [-0.4, -0.2) is 36.2 Å². The molecule has 8 heteroatoms. The van der Waals surface area contributed by atoms with Crippen molar-refractivity contribution in [2.24, 2.45) is 0 Å². The van der Waals surface area contributed by atoms with Crippen LogP contribution in [0.25, 0.3) is 0 Å². The Morgan fingerprint density at radius 2 is 1.56 bits per heavy atom. The highest BCUT2D eigenvalue weighted by Gasteiger charge is 2.19. The summed E-state index contributed by atoms with van der Waals surface area (Å²) in [5.41, 5.74) is 1.68. The summed E-state index contributed by atoms with van der Waals surface area (Å²) in [6.07, 6.45) is -1.39. The maximum atomic E-state index is 12.8. The van der Waals surface area contributed by atoms with E-state index in [1.54, 1.807) is 45.9 Å². The van der Waals surface area contributed by atoms with Gasteiger partial charge in [0.2, 0.25) is 5.91 Å². The molecule has 3 amide bonds. The van der Waals surface area contributed by atoms with Gasteiger partial charge in [-0.3, -0.25) is 9.59 Å².